The molecule has 0 atom stereocenters. The van der Waals surface area contributed by atoms with Gasteiger partial charge >= 0.3 is 0 Å². The average Bonchev–Trinajstić information content (AvgIpc) is 3.14. The minimum atomic E-state index is -0.418. The lowest BCUT2D eigenvalue weighted by atomic mass is 10.2. The van der Waals surface area contributed by atoms with Gasteiger partial charge in [-0.05, 0) is 54.6 Å². The molecular formula is C21H13BrCl2N4O. The molecule has 0 saturated heterocycles. The van der Waals surface area contributed by atoms with Crippen LogP contribution in [0.4, 0.5) is 5.69 Å². The molecule has 0 saturated carbocycles. The van der Waals surface area contributed by atoms with E-state index in [0.29, 0.717) is 21.6 Å². The van der Waals surface area contributed by atoms with Crippen LogP contribution >= 0.6 is 39.1 Å². The predicted molar refractivity (Wildman–Crippen MR) is 119 cm³/mol. The molecule has 0 aliphatic heterocycles. The van der Waals surface area contributed by atoms with Gasteiger partial charge in [0.15, 0.2) is 5.82 Å². The maximum atomic E-state index is 12.8. The van der Waals surface area contributed by atoms with Crippen molar-refractivity contribution >= 4 is 50.7 Å². The van der Waals surface area contributed by atoms with Gasteiger partial charge < -0.3 is 5.32 Å². The van der Waals surface area contributed by atoms with Crippen LogP contribution in [0.3, 0.4) is 0 Å². The summed E-state index contributed by atoms with van der Waals surface area (Å²) in [5.74, 6) is 0.114. The summed E-state index contributed by atoms with van der Waals surface area (Å²) in [5.41, 5.74) is 2.09. The zero-order valence-electron chi connectivity index (χ0n) is 14.8. The third-order valence-corrected chi connectivity index (χ3v) is 5.03. The molecule has 1 amide bonds. The highest BCUT2D eigenvalue weighted by Crippen LogP contribution is 2.25. The van der Waals surface area contributed by atoms with Crippen LogP contribution in [-0.2, 0) is 0 Å². The fraction of sp³-hybridized carbons (Fsp3) is 0. The third-order valence-electron chi connectivity index (χ3n) is 4.05. The largest absolute Gasteiger partial charge is 0.319 e. The maximum absolute atomic E-state index is 12.8. The van der Waals surface area contributed by atoms with Crippen molar-refractivity contribution in [2.45, 2.75) is 0 Å². The molecule has 4 rings (SSSR count). The fourth-order valence-corrected chi connectivity index (χ4v) is 3.45. The molecule has 1 aromatic heterocycles. The summed E-state index contributed by atoms with van der Waals surface area (Å²) in [7, 11) is 0. The second-order valence-electron chi connectivity index (χ2n) is 6.12. The molecule has 0 spiro atoms. The molecule has 1 heterocycles. The molecule has 4 aromatic rings. The molecule has 1 N–H and O–H groups in total. The van der Waals surface area contributed by atoms with E-state index >= 15 is 0 Å². The Morgan fingerprint density at radius 3 is 2.41 bits per heavy atom. The molecule has 0 fully saturated rings. The summed E-state index contributed by atoms with van der Waals surface area (Å²) in [6.07, 6.45) is 0. The number of anilines is 1. The highest BCUT2D eigenvalue weighted by molar-refractivity contribution is 9.10. The number of halogens is 3. The van der Waals surface area contributed by atoms with E-state index in [9.17, 15) is 4.79 Å². The number of rotatable bonds is 4. The number of nitrogens with zero attached hydrogens (tertiary/aromatic N) is 3. The van der Waals surface area contributed by atoms with E-state index in [4.69, 9.17) is 23.2 Å². The first-order valence-electron chi connectivity index (χ1n) is 8.55. The van der Waals surface area contributed by atoms with Crippen LogP contribution in [0, 0.1) is 0 Å². The molecule has 0 radical (unpaired) electrons. The number of aromatic nitrogens is 3. The van der Waals surface area contributed by atoms with Gasteiger partial charge in [-0.1, -0.05) is 57.3 Å². The topological polar surface area (TPSA) is 59.8 Å². The zero-order valence-corrected chi connectivity index (χ0v) is 17.9. The normalized spacial score (nSPS) is 10.7. The molecule has 0 bridgehead atoms. The van der Waals surface area contributed by atoms with Crippen molar-refractivity contribution in [1.82, 2.24) is 14.8 Å². The summed E-state index contributed by atoms with van der Waals surface area (Å²) in [4.78, 5) is 17.2. The van der Waals surface area contributed by atoms with E-state index in [2.05, 4.69) is 31.3 Å². The monoisotopic (exact) mass is 486 g/mol. The standard InChI is InChI=1S/C21H13BrCl2N4O/c22-14-4-2-6-17(12-14)25-21(29)19-26-20(13-3-1-5-16(24)11-13)28(27-19)18-9-7-15(23)8-10-18/h1-12H,(H,25,29). The number of amides is 1. The number of hydrogen-bond acceptors (Lipinski definition) is 3. The number of benzene rings is 3. The molecule has 8 heteroatoms. The van der Waals surface area contributed by atoms with Crippen LogP contribution in [0.25, 0.3) is 17.1 Å². The minimum absolute atomic E-state index is 0.0369. The molecule has 29 heavy (non-hydrogen) atoms. The first kappa shape index (κ1) is 19.6. The van der Waals surface area contributed by atoms with Crippen molar-refractivity contribution in [1.29, 1.82) is 0 Å². The van der Waals surface area contributed by atoms with Crippen molar-refractivity contribution in [3.63, 3.8) is 0 Å². The number of hydrogen-bond donors (Lipinski definition) is 1. The molecule has 0 aliphatic rings. The summed E-state index contributed by atoms with van der Waals surface area (Å²) in [6, 6.07) is 21.6. The van der Waals surface area contributed by atoms with Crippen molar-refractivity contribution in [3.05, 3.63) is 93.1 Å². The van der Waals surface area contributed by atoms with Gasteiger partial charge in [0.05, 0.1) is 5.69 Å². The van der Waals surface area contributed by atoms with Gasteiger partial charge in [-0.15, -0.1) is 5.10 Å². The van der Waals surface area contributed by atoms with Gasteiger partial charge in [-0.3, -0.25) is 4.79 Å². The van der Waals surface area contributed by atoms with Gasteiger partial charge in [0.25, 0.3) is 5.91 Å². The van der Waals surface area contributed by atoms with Crippen LogP contribution < -0.4 is 5.32 Å². The van der Waals surface area contributed by atoms with E-state index in [-0.39, 0.29) is 5.82 Å². The van der Waals surface area contributed by atoms with E-state index in [0.717, 1.165) is 15.7 Å². The lowest BCUT2D eigenvalue weighted by Gasteiger charge is -2.06. The Morgan fingerprint density at radius 2 is 1.69 bits per heavy atom. The smallest absolute Gasteiger partial charge is 0.295 e. The van der Waals surface area contributed by atoms with E-state index in [1.807, 2.05) is 24.3 Å². The molecular weight excluding hydrogens is 475 g/mol. The number of carbonyl (C=O) groups is 1. The quantitative estimate of drug-likeness (QED) is 0.369. The van der Waals surface area contributed by atoms with Crippen LogP contribution in [-0.4, -0.2) is 20.7 Å². The zero-order chi connectivity index (χ0) is 20.4. The van der Waals surface area contributed by atoms with Gasteiger partial charge in [0.1, 0.15) is 0 Å². The Bertz CT molecular complexity index is 1190. The first-order valence-corrected chi connectivity index (χ1v) is 10.1. The summed E-state index contributed by atoms with van der Waals surface area (Å²) in [6.45, 7) is 0. The molecule has 3 aromatic carbocycles. The van der Waals surface area contributed by atoms with Crippen LogP contribution in [0.5, 0.6) is 0 Å². The van der Waals surface area contributed by atoms with E-state index < -0.39 is 5.91 Å². The SMILES string of the molecule is O=C(Nc1cccc(Br)c1)c1nc(-c2cccc(Cl)c2)n(-c2ccc(Cl)cc2)n1. The van der Waals surface area contributed by atoms with Crippen LogP contribution in [0.1, 0.15) is 10.6 Å². The van der Waals surface area contributed by atoms with Crippen molar-refractivity contribution in [2.75, 3.05) is 5.32 Å². The summed E-state index contributed by atoms with van der Waals surface area (Å²) >= 11 is 15.5. The van der Waals surface area contributed by atoms with Gasteiger partial charge in [0, 0.05) is 25.8 Å². The fourth-order valence-electron chi connectivity index (χ4n) is 2.74. The van der Waals surface area contributed by atoms with Crippen molar-refractivity contribution < 1.29 is 4.79 Å². The second-order valence-corrected chi connectivity index (χ2v) is 7.91. The number of carbonyl (C=O) groups excluding carboxylic acids is 1. The predicted octanol–water partition coefficient (Wildman–Crippen LogP) is 6.26. The summed E-state index contributed by atoms with van der Waals surface area (Å²) in [5, 5.41) is 8.40. The van der Waals surface area contributed by atoms with Crippen molar-refractivity contribution in [3.8, 4) is 17.1 Å². The van der Waals surface area contributed by atoms with Gasteiger partial charge in [-0.2, -0.15) is 0 Å². The number of nitrogens with one attached hydrogen (secondary N) is 1. The molecule has 0 aliphatic carbocycles. The Kier molecular flexibility index (Phi) is 5.67. The Balaban J connectivity index is 1.76. The lowest BCUT2D eigenvalue weighted by molar-refractivity contribution is 0.101. The van der Waals surface area contributed by atoms with Gasteiger partial charge in [-0.25, -0.2) is 9.67 Å². The second kappa shape index (κ2) is 8.37. The van der Waals surface area contributed by atoms with Gasteiger partial charge in [0.2, 0.25) is 5.82 Å². The Morgan fingerprint density at radius 1 is 0.931 bits per heavy atom. The highest BCUT2D eigenvalue weighted by Gasteiger charge is 2.19. The van der Waals surface area contributed by atoms with Crippen LogP contribution in [0.2, 0.25) is 10.0 Å². The first-order chi connectivity index (χ1) is 14.0. The average molecular weight is 488 g/mol. The van der Waals surface area contributed by atoms with Crippen LogP contribution in [0.15, 0.2) is 77.3 Å². The van der Waals surface area contributed by atoms with E-state index in [1.165, 1.54) is 0 Å². The Hall–Kier alpha value is -2.67. The highest BCUT2D eigenvalue weighted by atomic mass is 79.9. The lowest BCUT2D eigenvalue weighted by Crippen LogP contribution is -2.14. The Labute approximate surface area is 185 Å². The van der Waals surface area contributed by atoms with Crippen molar-refractivity contribution in [2.24, 2.45) is 0 Å². The minimum Gasteiger partial charge on any atom is -0.319 e. The maximum Gasteiger partial charge on any atom is 0.295 e. The molecule has 5 nitrogen and oxygen atoms in total. The van der Waals surface area contributed by atoms with E-state index in [1.54, 1.807) is 53.2 Å². The molecule has 144 valence electrons. The summed E-state index contributed by atoms with van der Waals surface area (Å²) < 4.78 is 2.45. The molecule has 0 unspecified atom stereocenters. The third kappa shape index (κ3) is 4.50.